The predicted octanol–water partition coefficient (Wildman–Crippen LogP) is 2.33. The molecule has 0 radical (unpaired) electrons. The van der Waals surface area contributed by atoms with Gasteiger partial charge in [0.05, 0.1) is 6.10 Å². The van der Waals surface area contributed by atoms with Crippen LogP contribution in [0.2, 0.25) is 0 Å². The summed E-state index contributed by atoms with van der Waals surface area (Å²) in [6.45, 7) is 3.86. The molecule has 1 heterocycles. The molecule has 0 aromatic rings. The number of halogens is 3. The third-order valence-corrected chi connectivity index (χ3v) is 3.70. The van der Waals surface area contributed by atoms with Gasteiger partial charge in [0.2, 0.25) is 0 Å². The number of aliphatic hydroxyl groups excluding tert-OH is 1. The molecule has 0 amide bonds. The molecule has 6 heteroatoms. The van der Waals surface area contributed by atoms with Crippen LogP contribution in [0.3, 0.4) is 0 Å². The van der Waals surface area contributed by atoms with E-state index in [4.69, 9.17) is 0 Å². The van der Waals surface area contributed by atoms with E-state index in [0.29, 0.717) is 12.5 Å². The van der Waals surface area contributed by atoms with Crippen LogP contribution in [0.5, 0.6) is 0 Å². The molecule has 1 aliphatic rings. The van der Waals surface area contributed by atoms with Crippen molar-refractivity contribution in [2.45, 2.75) is 31.4 Å². The van der Waals surface area contributed by atoms with Gasteiger partial charge in [-0.05, 0) is 50.5 Å². The lowest BCUT2D eigenvalue weighted by molar-refractivity contribution is -0.0329. The molecule has 1 aliphatic heterocycles. The van der Waals surface area contributed by atoms with E-state index < -0.39 is 5.51 Å². The third kappa shape index (κ3) is 5.41. The van der Waals surface area contributed by atoms with E-state index in [0.717, 1.165) is 25.9 Å². The summed E-state index contributed by atoms with van der Waals surface area (Å²) >= 11 is 0.0433. The van der Waals surface area contributed by atoms with Crippen LogP contribution < -0.4 is 0 Å². The Labute approximate surface area is 98.2 Å². The summed E-state index contributed by atoms with van der Waals surface area (Å²) in [5.74, 6) is 0.412. The maximum atomic E-state index is 11.9. The third-order valence-electron chi connectivity index (χ3n) is 2.99. The van der Waals surface area contributed by atoms with Crippen molar-refractivity contribution in [3.63, 3.8) is 0 Å². The van der Waals surface area contributed by atoms with Gasteiger partial charge in [-0.2, -0.15) is 13.2 Å². The van der Waals surface area contributed by atoms with Gasteiger partial charge in [0.1, 0.15) is 0 Å². The maximum absolute atomic E-state index is 11.9. The van der Waals surface area contributed by atoms with Crippen molar-refractivity contribution in [2.24, 2.45) is 5.92 Å². The summed E-state index contributed by atoms with van der Waals surface area (Å²) in [6.07, 6.45) is 1.47. The van der Waals surface area contributed by atoms with Crippen molar-refractivity contribution < 1.29 is 18.3 Å². The molecule has 0 spiro atoms. The van der Waals surface area contributed by atoms with Gasteiger partial charge >= 0.3 is 5.51 Å². The Morgan fingerprint density at radius 2 is 1.94 bits per heavy atom. The second-order valence-corrected chi connectivity index (χ2v) is 5.37. The van der Waals surface area contributed by atoms with Crippen LogP contribution in [0.4, 0.5) is 13.2 Å². The predicted molar refractivity (Wildman–Crippen MR) is 59.4 cm³/mol. The van der Waals surface area contributed by atoms with E-state index in [-0.39, 0.29) is 23.6 Å². The molecule has 96 valence electrons. The first kappa shape index (κ1) is 14.1. The summed E-state index contributed by atoms with van der Waals surface area (Å²) in [4.78, 5) is 2.04. The second-order valence-electron chi connectivity index (χ2n) is 4.21. The van der Waals surface area contributed by atoms with Gasteiger partial charge < -0.3 is 10.0 Å². The van der Waals surface area contributed by atoms with Gasteiger partial charge in [0.15, 0.2) is 0 Å². The average Bonchev–Trinajstić information content (AvgIpc) is 2.16. The Bertz CT molecular complexity index is 203. The van der Waals surface area contributed by atoms with Crippen LogP contribution in [0.1, 0.15) is 19.8 Å². The first-order valence-corrected chi connectivity index (χ1v) is 6.48. The number of hydrogen-bond acceptors (Lipinski definition) is 3. The minimum Gasteiger partial charge on any atom is -0.393 e. The lowest BCUT2D eigenvalue weighted by atomic mass is 9.92. The van der Waals surface area contributed by atoms with Gasteiger partial charge in [0.25, 0.3) is 0 Å². The average molecular weight is 257 g/mol. The molecule has 1 atom stereocenters. The number of piperidine rings is 1. The van der Waals surface area contributed by atoms with Gasteiger partial charge in [-0.1, -0.05) is 0 Å². The minimum absolute atomic E-state index is 0.0433. The number of likely N-dealkylation sites (tertiary alicyclic amines) is 1. The van der Waals surface area contributed by atoms with Crippen LogP contribution in [-0.2, 0) is 0 Å². The molecule has 1 unspecified atom stereocenters. The fraction of sp³-hybridized carbons (Fsp3) is 1.00. The summed E-state index contributed by atoms with van der Waals surface area (Å²) in [7, 11) is 0. The standard InChI is InChI=1S/C10H18F3NOS/c1-8(15)9-2-4-14(5-3-9)6-7-16-10(11,12)13/h8-9,15H,2-7H2,1H3. The normalized spacial score (nSPS) is 22.3. The number of nitrogens with zero attached hydrogens (tertiary/aromatic N) is 1. The molecule has 0 aliphatic carbocycles. The van der Waals surface area contributed by atoms with Gasteiger partial charge in [-0.25, -0.2) is 0 Å². The van der Waals surface area contributed by atoms with Crippen LogP contribution in [-0.4, -0.2) is 47.0 Å². The monoisotopic (exact) mass is 257 g/mol. The highest BCUT2D eigenvalue weighted by molar-refractivity contribution is 8.00. The molecule has 0 saturated carbocycles. The number of alkyl halides is 3. The first-order valence-electron chi connectivity index (χ1n) is 5.49. The van der Waals surface area contributed by atoms with E-state index in [2.05, 4.69) is 0 Å². The molecule has 1 rings (SSSR count). The lowest BCUT2D eigenvalue weighted by Gasteiger charge is -2.33. The topological polar surface area (TPSA) is 23.5 Å². The molecule has 0 bridgehead atoms. The Morgan fingerprint density at radius 1 is 1.38 bits per heavy atom. The number of aliphatic hydroxyl groups is 1. The first-order chi connectivity index (χ1) is 7.38. The highest BCUT2D eigenvalue weighted by Gasteiger charge is 2.28. The van der Waals surface area contributed by atoms with Crippen LogP contribution in [0.15, 0.2) is 0 Å². The lowest BCUT2D eigenvalue weighted by Crippen LogP contribution is -2.38. The van der Waals surface area contributed by atoms with Crippen LogP contribution in [0.25, 0.3) is 0 Å². The van der Waals surface area contributed by atoms with Gasteiger partial charge in [0, 0.05) is 12.3 Å². The van der Waals surface area contributed by atoms with E-state index in [1.54, 1.807) is 6.92 Å². The molecule has 1 saturated heterocycles. The maximum Gasteiger partial charge on any atom is 0.441 e. The zero-order chi connectivity index (χ0) is 12.2. The fourth-order valence-electron chi connectivity index (χ4n) is 1.95. The van der Waals surface area contributed by atoms with Gasteiger partial charge in [-0.15, -0.1) is 0 Å². The number of rotatable bonds is 4. The molecule has 0 aromatic carbocycles. The summed E-state index contributed by atoms with van der Waals surface area (Å²) in [6, 6.07) is 0. The van der Waals surface area contributed by atoms with E-state index in [9.17, 15) is 18.3 Å². The summed E-state index contributed by atoms with van der Waals surface area (Å²) < 4.78 is 35.7. The Balaban J connectivity index is 2.13. The quantitative estimate of drug-likeness (QED) is 0.836. The second kappa shape index (κ2) is 6.12. The van der Waals surface area contributed by atoms with Crippen molar-refractivity contribution in [1.29, 1.82) is 0 Å². The van der Waals surface area contributed by atoms with Crippen molar-refractivity contribution in [3.8, 4) is 0 Å². The molecule has 1 N–H and O–H groups in total. The summed E-state index contributed by atoms with van der Waals surface area (Å²) in [5, 5.41) is 9.37. The largest absolute Gasteiger partial charge is 0.441 e. The highest BCUT2D eigenvalue weighted by atomic mass is 32.2. The molecule has 1 fully saturated rings. The zero-order valence-electron chi connectivity index (χ0n) is 9.33. The smallest absolute Gasteiger partial charge is 0.393 e. The van der Waals surface area contributed by atoms with Crippen molar-refractivity contribution in [2.75, 3.05) is 25.4 Å². The minimum atomic E-state index is -4.11. The Morgan fingerprint density at radius 3 is 2.38 bits per heavy atom. The molecule has 2 nitrogen and oxygen atoms in total. The molecule has 0 aromatic heterocycles. The van der Waals surface area contributed by atoms with Crippen molar-refractivity contribution in [3.05, 3.63) is 0 Å². The van der Waals surface area contributed by atoms with Crippen molar-refractivity contribution in [1.82, 2.24) is 4.90 Å². The van der Waals surface area contributed by atoms with E-state index in [1.165, 1.54) is 0 Å². The number of thioether (sulfide) groups is 1. The van der Waals surface area contributed by atoms with E-state index >= 15 is 0 Å². The molecule has 16 heavy (non-hydrogen) atoms. The van der Waals surface area contributed by atoms with Crippen LogP contribution >= 0.6 is 11.8 Å². The van der Waals surface area contributed by atoms with E-state index in [1.807, 2.05) is 4.90 Å². The highest BCUT2D eigenvalue weighted by Crippen LogP contribution is 2.30. The van der Waals surface area contributed by atoms with Crippen molar-refractivity contribution >= 4 is 11.8 Å². The van der Waals surface area contributed by atoms with Gasteiger partial charge in [-0.3, -0.25) is 0 Å². The van der Waals surface area contributed by atoms with Crippen LogP contribution in [0, 0.1) is 5.92 Å². The number of hydrogen-bond donors (Lipinski definition) is 1. The fourth-order valence-corrected chi connectivity index (χ4v) is 2.53. The zero-order valence-corrected chi connectivity index (χ0v) is 10.2. The molecular formula is C10H18F3NOS. The Kier molecular flexibility index (Phi) is 5.40. The Hall–Kier alpha value is 0.0600. The molecular weight excluding hydrogens is 239 g/mol. The summed E-state index contributed by atoms with van der Waals surface area (Å²) in [5.41, 5.74) is -4.11. The SMILES string of the molecule is CC(O)C1CCN(CCSC(F)(F)F)CC1.